The van der Waals surface area contributed by atoms with Crippen molar-refractivity contribution in [2.75, 3.05) is 0 Å². The summed E-state index contributed by atoms with van der Waals surface area (Å²) in [5.41, 5.74) is 0. The van der Waals surface area contributed by atoms with Crippen molar-refractivity contribution in [3.63, 3.8) is 0 Å². The van der Waals surface area contributed by atoms with Gasteiger partial charge in [0.2, 0.25) is 0 Å². The van der Waals surface area contributed by atoms with E-state index in [1.54, 1.807) is 0 Å². The number of hydrogen-bond acceptors (Lipinski definition) is 12. The first-order valence-corrected chi connectivity index (χ1v) is 6.57. The van der Waals surface area contributed by atoms with E-state index in [9.17, 15) is 0 Å². The summed E-state index contributed by atoms with van der Waals surface area (Å²) in [6, 6.07) is 0. The van der Waals surface area contributed by atoms with Gasteiger partial charge in [-0.15, -0.1) is 0 Å². The summed E-state index contributed by atoms with van der Waals surface area (Å²) in [5, 5.41) is 0. The Balaban J connectivity index is -0.0000000192. The van der Waals surface area contributed by atoms with Gasteiger partial charge in [0.15, 0.2) is 0 Å². The molecular formula is O12P4Tc3. The molecule has 12 nitrogen and oxygen atoms in total. The predicted molar refractivity (Wildman–Crippen MR) is 27.7 cm³/mol. The van der Waals surface area contributed by atoms with Gasteiger partial charge in [0.05, 0.1) is 0 Å². The smallest absolute Gasteiger partial charge is 0.854 e. The van der Waals surface area contributed by atoms with Crippen LogP contribution in [0.5, 0.6) is 0 Å². The molecule has 19 heavy (non-hydrogen) atoms. The van der Waals surface area contributed by atoms with E-state index in [1.807, 2.05) is 0 Å². The summed E-state index contributed by atoms with van der Waals surface area (Å²) in [6.45, 7) is 0. The summed E-state index contributed by atoms with van der Waals surface area (Å²) in [7, 11) is -13.5. The first-order valence-electron chi connectivity index (χ1n) is 2.19. The molecular weight excluding hydrogens is 610 g/mol. The second-order valence-electron chi connectivity index (χ2n) is 0.894. The molecule has 0 saturated heterocycles. The third-order valence-corrected chi connectivity index (χ3v) is 0. The number of hydrogen-bond donors (Lipinski definition) is 0. The molecule has 0 bridgehead atoms. The second-order valence-corrected chi connectivity index (χ2v) is 2.68. The van der Waals surface area contributed by atoms with Crippen molar-refractivity contribution in [1.82, 2.24) is 0 Å². The SMILES string of the molecule is [O-]P([O-])[O-].[O-]P([O-])[O-].[O-]P([O-])[O-].[O-]P([O-])[O-].[Tc+4].[Tc+4].[Tc+4]. The first-order chi connectivity index (χ1) is 6.93. The molecule has 0 aliphatic carbocycles. The largest absolute Gasteiger partial charge is 4.00 e. The zero-order valence-corrected chi connectivity index (χ0v) is 17.0. The van der Waals surface area contributed by atoms with Gasteiger partial charge in [-0.1, -0.05) is 0 Å². The van der Waals surface area contributed by atoms with Gasteiger partial charge in [-0.25, -0.2) is 0 Å². The average Bonchev–Trinajstić information content (AvgIpc) is 1.76. The van der Waals surface area contributed by atoms with Crippen molar-refractivity contribution in [2.45, 2.75) is 0 Å². The topological polar surface area (TPSA) is 277 Å². The minimum absolute atomic E-state index is 0. The van der Waals surface area contributed by atoms with Gasteiger partial charge in [0, 0.05) is 0 Å². The monoisotopic (exact) mass is 607 g/mol. The van der Waals surface area contributed by atoms with E-state index in [0.717, 1.165) is 0 Å². The van der Waals surface area contributed by atoms with Crippen LogP contribution in [0.4, 0.5) is 0 Å². The van der Waals surface area contributed by atoms with Crippen LogP contribution < -0.4 is 58.7 Å². The molecule has 0 amide bonds. The molecule has 19 heteroatoms. The Labute approximate surface area is 152 Å². The summed E-state index contributed by atoms with van der Waals surface area (Å²) >= 11 is 0. The van der Waals surface area contributed by atoms with Gasteiger partial charge >= 0.3 is 60.3 Å². The van der Waals surface area contributed by atoms with Crippen molar-refractivity contribution in [3.8, 4) is 0 Å². The van der Waals surface area contributed by atoms with Crippen molar-refractivity contribution >= 4 is 34.4 Å². The molecule has 0 aromatic heterocycles. The van der Waals surface area contributed by atoms with Crippen LogP contribution in [-0.2, 0) is 60.3 Å². The van der Waals surface area contributed by atoms with Crippen molar-refractivity contribution in [3.05, 3.63) is 0 Å². The molecule has 0 aromatic rings. The Morgan fingerprint density at radius 3 is 0.263 bits per heavy atom. The van der Waals surface area contributed by atoms with Crippen LogP contribution in [0.25, 0.3) is 0 Å². The Morgan fingerprint density at radius 2 is 0.263 bits per heavy atom. The molecule has 0 aromatic carbocycles. The third-order valence-electron chi connectivity index (χ3n) is 0. The maximum Gasteiger partial charge on any atom is 4.00 e. The second kappa shape index (κ2) is 37.4. The molecule has 0 unspecified atom stereocenters. The van der Waals surface area contributed by atoms with Crippen LogP contribution >= 0.6 is 34.4 Å². The van der Waals surface area contributed by atoms with Crippen molar-refractivity contribution in [2.24, 2.45) is 0 Å². The molecule has 0 heterocycles. The fourth-order valence-corrected chi connectivity index (χ4v) is 0. The molecule has 0 N–H and O–H groups in total. The third kappa shape index (κ3) is 768. The first kappa shape index (κ1) is 43.2. The average molecular weight is 610 g/mol. The van der Waals surface area contributed by atoms with Crippen molar-refractivity contribution in [1.29, 1.82) is 0 Å². The summed E-state index contributed by atoms with van der Waals surface area (Å²) in [4.78, 5) is 102. The molecule has 0 rings (SSSR count). The Kier molecular flexibility index (Phi) is 85.1. The van der Waals surface area contributed by atoms with Gasteiger partial charge < -0.3 is 93.1 Å². The Bertz CT molecular complexity index is 68.0. The number of rotatable bonds is 0. The van der Waals surface area contributed by atoms with Crippen LogP contribution in [0.15, 0.2) is 0 Å². The maximum atomic E-state index is 8.48. The molecule has 0 aliphatic heterocycles. The van der Waals surface area contributed by atoms with Crippen LogP contribution in [-0.4, -0.2) is 0 Å². The summed E-state index contributed by atoms with van der Waals surface area (Å²) in [6.07, 6.45) is 0. The van der Waals surface area contributed by atoms with Crippen LogP contribution in [0.2, 0.25) is 0 Å². The van der Waals surface area contributed by atoms with Crippen LogP contribution in [0.1, 0.15) is 0 Å². The van der Waals surface area contributed by atoms with Gasteiger partial charge in [0.1, 0.15) is 0 Å². The quantitative estimate of drug-likeness (QED) is 0.231. The summed E-state index contributed by atoms with van der Waals surface area (Å²) in [5.74, 6) is 0. The molecule has 0 aliphatic rings. The van der Waals surface area contributed by atoms with E-state index in [-0.39, 0.29) is 60.3 Å². The van der Waals surface area contributed by atoms with E-state index in [1.165, 1.54) is 0 Å². The normalized spacial score (nSPS) is 7.58. The van der Waals surface area contributed by atoms with Crippen LogP contribution in [0.3, 0.4) is 0 Å². The Hall–Kier alpha value is 3.19. The Morgan fingerprint density at radius 1 is 0.263 bits per heavy atom. The van der Waals surface area contributed by atoms with E-state index < -0.39 is 34.4 Å². The van der Waals surface area contributed by atoms with Gasteiger partial charge in [-0.2, -0.15) is 0 Å². The fraction of sp³-hybridized carbons (Fsp3) is 0. The zero-order valence-electron chi connectivity index (χ0n) is 7.82. The van der Waals surface area contributed by atoms with E-state index >= 15 is 0 Å². The van der Waals surface area contributed by atoms with Crippen molar-refractivity contribution < 1.29 is 119 Å². The molecule has 0 fully saturated rings. The minimum atomic E-state index is -3.37. The molecule has 0 saturated carbocycles. The van der Waals surface area contributed by atoms with Gasteiger partial charge in [-0.3, -0.25) is 0 Å². The molecule has 3 radical (unpaired) electrons. The van der Waals surface area contributed by atoms with Gasteiger partial charge in [0.25, 0.3) is 0 Å². The standard InChI is InChI=1S/4O3P.3Tc/c4*1-4(2)3;;;/q4*-3;3*+4. The maximum absolute atomic E-state index is 8.48. The van der Waals surface area contributed by atoms with E-state index in [4.69, 9.17) is 58.7 Å². The van der Waals surface area contributed by atoms with E-state index in [0.29, 0.717) is 0 Å². The molecule has 0 atom stereocenters. The zero-order chi connectivity index (χ0) is 14.3. The predicted octanol–water partition coefficient (Wildman–Crippen LogP) is -10.8. The molecule has 113 valence electrons. The van der Waals surface area contributed by atoms with Crippen LogP contribution in [0, 0.1) is 0 Å². The van der Waals surface area contributed by atoms with Gasteiger partial charge in [-0.05, 0) is 0 Å². The van der Waals surface area contributed by atoms with E-state index in [2.05, 4.69) is 0 Å². The summed E-state index contributed by atoms with van der Waals surface area (Å²) < 4.78 is 0. The molecule has 0 spiro atoms. The minimum Gasteiger partial charge on any atom is -0.854 e. The fourth-order valence-electron chi connectivity index (χ4n) is 0.